The van der Waals surface area contributed by atoms with Crippen molar-refractivity contribution in [2.45, 2.75) is 38.8 Å². The number of piperazine rings is 1. The summed E-state index contributed by atoms with van der Waals surface area (Å²) < 4.78 is 5.52. The molecule has 1 aromatic rings. The molecule has 2 fully saturated rings. The van der Waals surface area contributed by atoms with Crippen LogP contribution in [0.1, 0.15) is 26.7 Å². The van der Waals surface area contributed by atoms with Crippen molar-refractivity contribution in [3.05, 3.63) is 24.3 Å². The Labute approximate surface area is 141 Å². The number of ether oxygens (including phenoxy) is 1. The maximum Gasteiger partial charge on any atom is 0.142 e. The van der Waals surface area contributed by atoms with E-state index in [4.69, 9.17) is 4.74 Å². The van der Waals surface area contributed by atoms with Crippen LogP contribution >= 0.6 is 0 Å². The largest absolute Gasteiger partial charge is 0.495 e. The zero-order valence-corrected chi connectivity index (χ0v) is 14.9. The number of hydrogen-bond acceptors (Lipinski definition) is 4. The number of hydrogen-bond donors (Lipinski definition) is 0. The molecule has 1 aromatic carbocycles. The minimum atomic E-state index is 0.674. The van der Waals surface area contributed by atoms with E-state index in [9.17, 15) is 0 Å². The zero-order chi connectivity index (χ0) is 16.2. The van der Waals surface area contributed by atoms with Gasteiger partial charge in [0.1, 0.15) is 5.75 Å². The van der Waals surface area contributed by atoms with Gasteiger partial charge in [-0.25, -0.2) is 0 Å². The van der Waals surface area contributed by atoms with E-state index in [-0.39, 0.29) is 0 Å². The SMILES string of the molecule is COc1ccccc1N1CCN(C2CCCN(C(C)C)C2)CC1. The van der Waals surface area contributed by atoms with Gasteiger partial charge < -0.3 is 9.64 Å². The summed E-state index contributed by atoms with van der Waals surface area (Å²) in [4.78, 5) is 7.82. The Morgan fingerprint density at radius 2 is 1.78 bits per heavy atom. The van der Waals surface area contributed by atoms with Crippen LogP contribution in [0.5, 0.6) is 5.75 Å². The molecule has 1 unspecified atom stereocenters. The molecule has 2 heterocycles. The van der Waals surface area contributed by atoms with E-state index in [2.05, 4.69) is 46.7 Å². The molecule has 0 N–H and O–H groups in total. The molecule has 0 aliphatic carbocycles. The van der Waals surface area contributed by atoms with Crippen LogP contribution in [0, 0.1) is 0 Å². The Morgan fingerprint density at radius 3 is 2.48 bits per heavy atom. The molecular formula is C19H31N3O. The van der Waals surface area contributed by atoms with Gasteiger partial charge in [-0.1, -0.05) is 12.1 Å². The van der Waals surface area contributed by atoms with Crippen molar-refractivity contribution < 1.29 is 4.74 Å². The fourth-order valence-corrected chi connectivity index (χ4v) is 3.97. The number of nitrogens with zero attached hydrogens (tertiary/aromatic N) is 3. The van der Waals surface area contributed by atoms with Gasteiger partial charge in [0.25, 0.3) is 0 Å². The maximum absolute atomic E-state index is 5.52. The smallest absolute Gasteiger partial charge is 0.142 e. The Kier molecular flexibility index (Phi) is 5.44. The Bertz CT molecular complexity index is 497. The van der Waals surface area contributed by atoms with Crippen molar-refractivity contribution in [2.24, 2.45) is 0 Å². The van der Waals surface area contributed by atoms with E-state index in [0.717, 1.165) is 38.0 Å². The Balaban J connectivity index is 1.58. The summed E-state index contributed by atoms with van der Waals surface area (Å²) in [6.45, 7) is 11.7. The lowest BCUT2D eigenvalue weighted by Crippen LogP contribution is -2.56. The first-order valence-electron chi connectivity index (χ1n) is 9.05. The fraction of sp³-hybridized carbons (Fsp3) is 0.684. The number of methoxy groups -OCH3 is 1. The number of rotatable bonds is 4. The third-order valence-electron chi connectivity index (χ3n) is 5.41. The molecule has 3 rings (SSSR count). The molecule has 2 saturated heterocycles. The van der Waals surface area contributed by atoms with E-state index in [1.54, 1.807) is 7.11 Å². The van der Waals surface area contributed by atoms with Crippen LogP contribution < -0.4 is 9.64 Å². The van der Waals surface area contributed by atoms with Gasteiger partial charge in [-0.05, 0) is 45.4 Å². The number of likely N-dealkylation sites (tertiary alicyclic amines) is 1. The topological polar surface area (TPSA) is 19.0 Å². The van der Waals surface area contributed by atoms with Crippen molar-refractivity contribution in [1.29, 1.82) is 0 Å². The first-order chi connectivity index (χ1) is 11.2. The molecule has 4 heteroatoms. The molecule has 0 radical (unpaired) electrons. The van der Waals surface area contributed by atoms with Crippen LogP contribution in [-0.2, 0) is 0 Å². The molecule has 2 aliphatic heterocycles. The van der Waals surface area contributed by atoms with Crippen molar-refractivity contribution in [3.8, 4) is 5.75 Å². The highest BCUT2D eigenvalue weighted by atomic mass is 16.5. The van der Waals surface area contributed by atoms with Crippen LogP contribution in [-0.4, -0.2) is 68.3 Å². The lowest BCUT2D eigenvalue weighted by Gasteiger charge is -2.45. The van der Waals surface area contributed by atoms with Crippen LogP contribution in [0.3, 0.4) is 0 Å². The lowest BCUT2D eigenvalue weighted by atomic mass is 10.0. The molecule has 2 aliphatic rings. The van der Waals surface area contributed by atoms with Crippen molar-refractivity contribution in [3.63, 3.8) is 0 Å². The van der Waals surface area contributed by atoms with E-state index < -0.39 is 0 Å². The summed E-state index contributed by atoms with van der Waals surface area (Å²) in [6.07, 6.45) is 2.70. The van der Waals surface area contributed by atoms with Crippen LogP contribution in [0.15, 0.2) is 24.3 Å². The summed E-state index contributed by atoms with van der Waals surface area (Å²) in [7, 11) is 1.76. The van der Waals surface area contributed by atoms with Gasteiger partial charge in [-0.15, -0.1) is 0 Å². The summed E-state index contributed by atoms with van der Waals surface area (Å²) >= 11 is 0. The van der Waals surface area contributed by atoms with Gasteiger partial charge >= 0.3 is 0 Å². The predicted molar refractivity (Wildman–Crippen MR) is 96.5 cm³/mol. The van der Waals surface area contributed by atoms with Crippen LogP contribution in [0.2, 0.25) is 0 Å². The highest BCUT2D eigenvalue weighted by Crippen LogP contribution is 2.29. The highest BCUT2D eigenvalue weighted by Gasteiger charge is 2.29. The lowest BCUT2D eigenvalue weighted by molar-refractivity contribution is 0.0760. The van der Waals surface area contributed by atoms with E-state index in [1.165, 1.54) is 31.6 Å². The normalized spacial score (nSPS) is 24.2. The Hall–Kier alpha value is -1.26. The fourth-order valence-electron chi connectivity index (χ4n) is 3.97. The summed E-state index contributed by atoms with van der Waals surface area (Å²) in [5.74, 6) is 0.990. The minimum absolute atomic E-state index is 0.674. The average molecular weight is 317 g/mol. The second kappa shape index (κ2) is 7.54. The monoisotopic (exact) mass is 317 g/mol. The van der Waals surface area contributed by atoms with E-state index in [0.29, 0.717) is 6.04 Å². The summed E-state index contributed by atoms with van der Waals surface area (Å²) in [5, 5.41) is 0. The third kappa shape index (κ3) is 3.81. The number of anilines is 1. The van der Waals surface area contributed by atoms with Gasteiger partial charge in [0.05, 0.1) is 12.8 Å². The second-order valence-corrected chi connectivity index (χ2v) is 7.08. The van der Waals surface area contributed by atoms with Gasteiger partial charge in [0.15, 0.2) is 0 Å². The number of piperidine rings is 1. The molecule has 128 valence electrons. The van der Waals surface area contributed by atoms with Crippen LogP contribution in [0.25, 0.3) is 0 Å². The third-order valence-corrected chi connectivity index (χ3v) is 5.41. The molecule has 0 bridgehead atoms. The molecular weight excluding hydrogens is 286 g/mol. The van der Waals surface area contributed by atoms with Crippen LogP contribution in [0.4, 0.5) is 5.69 Å². The Morgan fingerprint density at radius 1 is 1.04 bits per heavy atom. The van der Waals surface area contributed by atoms with Crippen molar-refractivity contribution in [2.75, 3.05) is 51.3 Å². The maximum atomic E-state index is 5.52. The molecule has 23 heavy (non-hydrogen) atoms. The van der Waals surface area contributed by atoms with E-state index in [1.807, 2.05) is 6.07 Å². The quantitative estimate of drug-likeness (QED) is 0.850. The second-order valence-electron chi connectivity index (χ2n) is 7.08. The zero-order valence-electron chi connectivity index (χ0n) is 14.9. The summed E-state index contributed by atoms with van der Waals surface area (Å²) in [6, 6.07) is 9.80. The van der Waals surface area contributed by atoms with Crippen molar-refractivity contribution in [1.82, 2.24) is 9.80 Å². The standard InChI is InChI=1S/C19H31N3O/c1-16(2)22-10-6-7-17(15-22)20-11-13-21(14-12-20)18-8-4-5-9-19(18)23-3/h4-5,8-9,16-17H,6-7,10-15H2,1-3H3. The number of benzene rings is 1. The van der Waals surface area contributed by atoms with Gasteiger partial charge in [-0.2, -0.15) is 0 Å². The number of para-hydroxylation sites is 2. The molecule has 0 saturated carbocycles. The molecule has 0 aromatic heterocycles. The summed E-state index contributed by atoms with van der Waals surface area (Å²) in [5.41, 5.74) is 1.24. The van der Waals surface area contributed by atoms with E-state index >= 15 is 0 Å². The first-order valence-corrected chi connectivity index (χ1v) is 9.05. The molecule has 4 nitrogen and oxygen atoms in total. The van der Waals surface area contributed by atoms with Gasteiger partial charge in [0.2, 0.25) is 0 Å². The first kappa shape index (κ1) is 16.6. The predicted octanol–water partition coefficient (Wildman–Crippen LogP) is 2.69. The van der Waals surface area contributed by atoms with Gasteiger partial charge in [-0.3, -0.25) is 9.80 Å². The van der Waals surface area contributed by atoms with Crippen molar-refractivity contribution >= 4 is 5.69 Å². The minimum Gasteiger partial charge on any atom is -0.495 e. The van der Waals surface area contributed by atoms with Gasteiger partial charge in [0, 0.05) is 44.8 Å². The molecule has 0 spiro atoms. The average Bonchev–Trinajstić information content (AvgIpc) is 2.62. The highest BCUT2D eigenvalue weighted by molar-refractivity contribution is 5.58. The molecule has 0 amide bonds. The molecule has 1 atom stereocenters.